The van der Waals surface area contributed by atoms with Crippen molar-refractivity contribution in [3.8, 4) is 50.2 Å². The lowest BCUT2D eigenvalue weighted by Crippen LogP contribution is -2.13. The molecule has 2 nitrogen and oxygen atoms in total. The molecule has 0 unspecified atom stereocenters. The maximum atomic E-state index is 2.50. The first kappa shape index (κ1) is 37.3. The van der Waals surface area contributed by atoms with Gasteiger partial charge in [0.05, 0.1) is 16.7 Å². The first-order valence-corrected chi connectivity index (χ1v) is 22.0. The van der Waals surface area contributed by atoms with E-state index in [9.17, 15) is 0 Å². The van der Waals surface area contributed by atoms with Crippen LogP contribution in [-0.4, -0.2) is 4.57 Å². The van der Waals surface area contributed by atoms with E-state index >= 15 is 0 Å². The number of hydrogen-bond acceptors (Lipinski definition) is 1. The summed E-state index contributed by atoms with van der Waals surface area (Å²) in [6, 6.07) is 93.0. The van der Waals surface area contributed by atoms with E-state index in [1.807, 2.05) is 0 Å². The highest BCUT2D eigenvalue weighted by Crippen LogP contribution is 2.53. The van der Waals surface area contributed by atoms with Crippen LogP contribution in [0.15, 0.2) is 255 Å². The molecule has 0 radical (unpaired) electrons. The van der Waals surface area contributed by atoms with Crippen molar-refractivity contribution in [2.75, 3.05) is 4.90 Å². The van der Waals surface area contributed by atoms with Gasteiger partial charge >= 0.3 is 0 Å². The zero-order valence-electron chi connectivity index (χ0n) is 35.1. The Bertz CT molecular complexity index is 3590. The number of fused-ring (bicyclic) bond motifs is 5. The molecular formula is C62H42N2. The number of nitrogens with zero attached hydrogens (tertiary/aromatic N) is 2. The van der Waals surface area contributed by atoms with Crippen LogP contribution in [0.4, 0.5) is 17.1 Å². The molecule has 64 heavy (non-hydrogen) atoms. The summed E-state index contributed by atoms with van der Waals surface area (Å²) in [6.45, 7) is 0. The van der Waals surface area contributed by atoms with Gasteiger partial charge in [-0.05, 0) is 122 Å². The highest BCUT2D eigenvalue weighted by Gasteiger charge is 2.27. The normalized spacial score (nSPS) is 11.4. The molecule has 0 aliphatic rings. The fourth-order valence-electron chi connectivity index (χ4n) is 9.88. The number of benzene rings is 11. The van der Waals surface area contributed by atoms with Crippen LogP contribution in [0.3, 0.4) is 0 Å². The summed E-state index contributed by atoms with van der Waals surface area (Å²) >= 11 is 0. The monoisotopic (exact) mass is 814 g/mol. The summed E-state index contributed by atoms with van der Waals surface area (Å²) in [6.07, 6.45) is 0. The molecule has 12 rings (SSSR count). The minimum Gasteiger partial charge on any atom is -0.309 e. The van der Waals surface area contributed by atoms with E-state index in [-0.39, 0.29) is 0 Å². The van der Waals surface area contributed by atoms with Crippen LogP contribution in [0.25, 0.3) is 93.5 Å². The molecule has 11 aromatic carbocycles. The van der Waals surface area contributed by atoms with Crippen molar-refractivity contribution in [1.29, 1.82) is 0 Å². The van der Waals surface area contributed by atoms with Crippen LogP contribution in [0, 0.1) is 0 Å². The lowest BCUT2D eigenvalue weighted by atomic mass is 9.84. The zero-order chi connectivity index (χ0) is 42.4. The smallest absolute Gasteiger partial charge is 0.0625 e. The van der Waals surface area contributed by atoms with Gasteiger partial charge in [-0.25, -0.2) is 0 Å². The van der Waals surface area contributed by atoms with Crippen LogP contribution in [-0.2, 0) is 0 Å². The first-order valence-electron chi connectivity index (χ1n) is 22.0. The largest absolute Gasteiger partial charge is 0.309 e. The maximum Gasteiger partial charge on any atom is 0.0625 e. The Labute approximate surface area is 373 Å². The summed E-state index contributed by atoms with van der Waals surface area (Å²) in [7, 11) is 0. The number of aromatic nitrogens is 1. The number of para-hydroxylation sites is 3. The van der Waals surface area contributed by atoms with Gasteiger partial charge in [-0.15, -0.1) is 0 Å². The van der Waals surface area contributed by atoms with Crippen molar-refractivity contribution in [1.82, 2.24) is 4.57 Å². The molecule has 300 valence electrons. The quantitative estimate of drug-likeness (QED) is 0.139. The molecule has 0 amide bonds. The lowest BCUT2D eigenvalue weighted by molar-refractivity contribution is 1.17. The Kier molecular flexibility index (Phi) is 9.20. The molecule has 0 aliphatic heterocycles. The van der Waals surface area contributed by atoms with Gasteiger partial charge in [-0.1, -0.05) is 188 Å². The van der Waals surface area contributed by atoms with Crippen molar-refractivity contribution in [2.45, 2.75) is 0 Å². The second-order valence-electron chi connectivity index (χ2n) is 16.4. The average Bonchev–Trinajstić information content (AvgIpc) is 3.71. The lowest BCUT2D eigenvalue weighted by Gasteiger charge is -2.32. The second-order valence-corrected chi connectivity index (χ2v) is 16.4. The van der Waals surface area contributed by atoms with E-state index in [2.05, 4.69) is 264 Å². The third kappa shape index (κ3) is 6.35. The molecule has 0 atom stereocenters. The molecule has 0 saturated carbocycles. The molecule has 0 saturated heterocycles. The highest BCUT2D eigenvalue weighted by atomic mass is 15.1. The van der Waals surface area contributed by atoms with Crippen LogP contribution >= 0.6 is 0 Å². The molecule has 12 aromatic rings. The highest BCUT2D eigenvalue weighted by molar-refractivity contribution is 6.17. The van der Waals surface area contributed by atoms with Gasteiger partial charge < -0.3 is 9.47 Å². The van der Waals surface area contributed by atoms with Gasteiger partial charge in [-0.2, -0.15) is 0 Å². The molecule has 1 aromatic heterocycles. The summed E-state index contributed by atoms with van der Waals surface area (Å²) in [5.74, 6) is 0. The zero-order valence-corrected chi connectivity index (χ0v) is 35.1. The van der Waals surface area contributed by atoms with Gasteiger partial charge in [0, 0.05) is 39.0 Å². The van der Waals surface area contributed by atoms with Crippen molar-refractivity contribution in [2.24, 2.45) is 0 Å². The van der Waals surface area contributed by atoms with Gasteiger partial charge in [0.15, 0.2) is 0 Å². The van der Waals surface area contributed by atoms with E-state index in [1.165, 1.54) is 82.3 Å². The molecular weight excluding hydrogens is 773 g/mol. The molecule has 0 N–H and O–H groups in total. The van der Waals surface area contributed by atoms with Gasteiger partial charge in [-0.3, -0.25) is 0 Å². The minimum atomic E-state index is 1.06. The van der Waals surface area contributed by atoms with Crippen LogP contribution in [0.2, 0.25) is 0 Å². The van der Waals surface area contributed by atoms with Gasteiger partial charge in [0.25, 0.3) is 0 Å². The Hall–Kier alpha value is -8.46. The summed E-state index contributed by atoms with van der Waals surface area (Å²) in [5, 5.41) is 7.31. The van der Waals surface area contributed by atoms with Gasteiger partial charge in [0.1, 0.15) is 0 Å². The molecule has 0 spiro atoms. The van der Waals surface area contributed by atoms with E-state index in [1.54, 1.807) is 0 Å². The fourth-order valence-corrected chi connectivity index (χ4v) is 9.88. The Morgan fingerprint density at radius 2 is 0.734 bits per heavy atom. The minimum absolute atomic E-state index is 1.06. The van der Waals surface area contributed by atoms with Crippen LogP contribution in [0.5, 0.6) is 0 Å². The van der Waals surface area contributed by atoms with Crippen molar-refractivity contribution < 1.29 is 0 Å². The average molecular weight is 815 g/mol. The molecule has 0 aliphatic carbocycles. The molecule has 2 heteroatoms. The molecule has 0 bridgehead atoms. The topological polar surface area (TPSA) is 8.17 Å². The molecule has 0 fully saturated rings. The van der Waals surface area contributed by atoms with E-state index in [0.717, 1.165) is 28.3 Å². The second kappa shape index (κ2) is 15.8. The van der Waals surface area contributed by atoms with Gasteiger partial charge in [0.2, 0.25) is 0 Å². The van der Waals surface area contributed by atoms with E-state index in [0.29, 0.717) is 0 Å². The maximum absolute atomic E-state index is 2.50. The van der Waals surface area contributed by atoms with E-state index in [4.69, 9.17) is 0 Å². The summed E-state index contributed by atoms with van der Waals surface area (Å²) in [5.41, 5.74) is 16.1. The number of hydrogen-bond donors (Lipinski definition) is 0. The number of anilines is 3. The van der Waals surface area contributed by atoms with Crippen molar-refractivity contribution in [3.05, 3.63) is 255 Å². The van der Waals surface area contributed by atoms with Crippen molar-refractivity contribution in [3.63, 3.8) is 0 Å². The van der Waals surface area contributed by atoms with Crippen molar-refractivity contribution >= 4 is 60.4 Å². The molecule has 1 heterocycles. The number of rotatable bonds is 8. The third-order valence-corrected chi connectivity index (χ3v) is 12.7. The SMILES string of the molecule is c1ccc(-c2ccccc2-c2cc3cc4ccccc4cc3c(-c3ccccc3-c3ccccc3)c2N(c2ccccc2)c2ccc(-n3c4ccccc4c4ccccc43)cc2)cc1. The summed E-state index contributed by atoms with van der Waals surface area (Å²) in [4.78, 5) is 2.50. The Morgan fingerprint density at radius 1 is 0.281 bits per heavy atom. The first-order chi connectivity index (χ1) is 31.8. The predicted molar refractivity (Wildman–Crippen MR) is 272 cm³/mol. The standard InChI is InChI=1S/C62H42N2/c1-4-20-43(21-5-1)51-28-12-14-30-53(51)58-42-47-40-45-24-10-11-25-46(45)41-57(47)61(56-33-15-13-29-52(56)44-22-6-2-7-23-44)62(58)63(48-26-8-3-9-27-48)49-36-38-50(39-37-49)64-59-34-18-16-31-54(59)55-32-17-19-35-60(55)64/h1-42H. The van der Waals surface area contributed by atoms with E-state index < -0.39 is 0 Å². The predicted octanol–water partition coefficient (Wildman–Crippen LogP) is 17.2. The fraction of sp³-hybridized carbons (Fsp3) is 0. The Morgan fingerprint density at radius 3 is 1.34 bits per heavy atom. The van der Waals surface area contributed by atoms with Crippen LogP contribution in [0.1, 0.15) is 0 Å². The third-order valence-electron chi connectivity index (χ3n) is 12.7. The van der Waals surface area contributed by atoms with Crippen LogP contribution < -0.4 is 4.90 Å². The summed E-state index contributed by atoms with van der Waals surface area (Å²) < 4.78 is 2.39. The Balaban J connectivity index is 1.21.